The Morgan fingerprint density at radius 1 is 0.929 bits per heavy atom. The topological polar surface area (TPSA) is 96.5 Å². The molecule has 0 fully saturated rings. The first-order valence-electron chi connectivity index (χ1n) is 9.20. The lowest BCUT2D eigenvalue weighted by atomic mass is 10.2. The van der Waals surface area contributed by atoms with E-state index in [4.69, 9.17) is 4.74 Å². The van der Waals surface area contributed by atoms with Gasteiger partial charge in [-0.1, -0.05) is 31.5 Å². The average Bonchev–Trinajstić information content (AvgIpc) is 2.69. The number of nitrogens with one attached hydrogen (secondary N) is 3. The number of hydrogen-bond donors (Lipinski definition) is 3. The van der Waals surface area contributed by atoms with Gasteiger partial charge in [0.05, 0.1) is 12.2 Å². The van der Waals surface area contributed by atoms with Gasteiger partial charge in [-0.3, -0.25) is 4.79 Å². The summed E-state index contributed by atoms with van der Waals surface area (Å²) in [5.74, 6) is -0.763. The number of carbonyl (C=O) groups is 3. The predicted molar refractivity (Wildman–Crippen MR) is 108 cm³/mol. The van der Waals surface area contributed by atoms with Gasteiger partial charge in [-0.25, -0.2) is 9.59 Å². The fourth-order valence-electron chi connectivity index (χ4n) is 2.28. The van der Waals surface area contributed by atoms with Crippen LogP contribution in [0, 0.1) is 0 Å². The molecule has 1 atom stereocenters. The number of ether oxygens (including phenoxy) is 1. The van der Waals surface area contributed by atoms with E-state index in [2.05, 4.69) is 16.0 Å². The van der Waals surface area contributed by atoms with Crippen LogP contribution < -0.4 is 16.0 Å². The van der Waals surface area contributed by atoms with Gasteiger partial charge in [0.25, 0.3) is 0 Å². The molecule has 0 saturated heterocycles. The van der Waals surface area contributed by atoms with Crippen molar-refractivity contribution in [2.75, 3.05) is 17.2 Å². The number of urea groups is 1. The average molecular weight is 383 g/mol. The summed E-state index contributed by atoms with van der Waals surface area (Å²) >= 11 is 0. The zero-order valence-electron chi connectivity index (χ0n) is 16.0. The molecular weight excluding hydrogens is 358 g/mol. The second-order valence-corrected chi connectivity index (χ2v) is 6.24. The third kappa shape index (κ3) is 6.75. The molecule has 0 bridgehead atoms. The van der Waals surface area contributed by atoms with Crippen molar-refractivity contribution in [2.24, 2.45) is 0 Å². The van der Waals surface area contributed by atoms with E-state index in [0.717, 1.165) is 12.8 Å². The summed E-state index contributed by atoms with van der Waals surface area (Å²) in [6, 6.07) is 14.1. The maximum atomic E-state index is 12.2. The molecule has 0 aliphatic heterocycles. The van der Waals surface area contributed by atoms with E-state index in [1.165, 1.54) is 0 Å². The quantitative estimate of drug-likeness (QED) is 0.477. The van der Waals surface area contributed by atoms with Crippen molar-refractivity contribution in [1.82, 2.24) is 5.32 Å². The maximum absolute atomic E-state index is 12.2. The number of para-hydroxylation sites is 1. The standard InChI is InChI=1S/C21H25N3O4/c1-3-4-14-28-20(26)16-10-12-18(13-11-16)23-19(25)15(2)22-21(27)24-17-8-6-5-7-9-17/h5-13,15H,3-4,14H2,1-2H3,(H,23,25)(H2,22,24,27). The van der Waals surface area contributed by atoms with E-state index < -0.39 is 12.1 Å². The highest BCUT2D eigenvalue weighted by Crippen LogP contribution is 2.11. The van der Waals surface area contributed by atoms with Crippen molar-refractivity contribution in [3.8, 4) is 0 Å². The van der Waals surface area contributed by atoms with Crippen LogP contribution in [0.4, 0.5) is 16.2 Å². The van der Waals surface area contributed by atoms with Crippen LogP contribution >= 0.6 is 0 Å². The third-order valence-electron chi connectivity index (χ3n) is 3.89. The summed E-state index contributed by atoms with van der Waals surface area (Å²) in [5.41, 5.74) is 1.57. The van der Waals surface area contributed by atoms with Crippen LogP contribution in [0.3, 0.4) is 0 Å². The van der Waals surface area contributed by atoms with E-state index in [0.29, 0.717) is 23.5 Å². The second-order valence-electron chi connectivity index (χ2n) is 6.24. The molecule has 7 heteroatoms. The Hall–Kier alpha value is -3.35. The molecule has 2 aromatic rings. The minimum atomic E-state index is -0.748. The smallest absolute Gasteiger partial charge is 0.338 e. The zero-order valence-corrected chi connectivity index (χ0v) is 16.0. The number of unbranched alkanes of at least 4 members (excludes halogenated alkanes) is 1. The number of amides is 3. The maximum Gasteiger partial charge on any atom is 0.338 e. The first-order chi connectivity index (χ1) is 13.5. The molecule has 0 saturated carbocycles. The van der Waals surface area contributed by atoms with Gasteiger partial charge in [-0.05, 0) is 49.7 Å². The molecule has 1 unspecified atom stereocenters. The van der Waals surface area contributed by atoms with Crippen molar-refractivity contribution < 1.29 is 19.1 Å². The molecule has 0 aliphatic carbocycles. The highest BCUT2D eigenvalue weighted by molar-refractivity contribution is 5.99. The van der Waals surface area contributed by atoms with Crippen LogP contribution in [0.15, 0.2) is 54.6 Å². The fourth-order valence-corrected chi connectivity index (χ4v) is 2.28. The van der Waals surface area contributed by atoms with Crippen LogP contribution in [-0.4, -0.2) is 30.6 Å². The summed E-state index contributed by atoms with van der Waals surface area (Å²) in [6.45, 7) is 3.99. The molecule has 0 heterocycles. The Morgan fingerprint density at radius 2 is 1.57 bits per heavy atom. The van der Waals surface area contributed by atoms with Gasteiger partial charge in [0.1, 0.15) is 6.04 Å². The lowest BCUT2D eigenvalue weighted by Gasteiger charge is -2.15. The molecule has 0 spiro atoms. The molecule has 0 aliphatic rings. The van der Waals surface area contributed by atoms with Gasteiger partial charge in [0.15, 0.2) is 0 Å². The van der Waals surface area contributed by atoms with Gasteiger partial charge in [0.2, 0.25) is 5.91 Å². The van der Waals surface area contributed by atoms with Gasteiger partial charge >= 0.3 is 12.0 Å². The van der Waals surface area contributed by atoms with Crippen molar-refractivity contribution in [1.29, 1.82) is 0 Å². The van der Waals surface area contributed by atoms with Gasteiger partial charge in [-0.2, -0.15) is 0 Å². The monoisotopic (exact) mass is 383 g/mol. The molecule has 7 nitrogen and oxygen atoms in total. The van der Waals surface area contributed by atoms with E-state index >= 15 is 0 Å². The summed E-state index contributed by atoms with van der Waals surface area (Å²) in [5, 5.41) is 7.92. The van der Waals surface area contributed by atoms with Gasteiger partial charge < -0.3 is 20.7 Å². The number of carbonyl (C=O) groups excluding carboxylic acids is 3. The summed E-state index contributed by atoms with van der Waals surface area (Å²) in [7, 11) is 0. The lowest BCUT2D eigenvalue weighted by Crippen LogP contribution is -2.43. The van der Waals surface area contributed by atoms with Gasteiger partial charge in [-0.15, -0.1) is 0 Å². The van der Waals surface area contributed by atoms with Crippen LogP contribution in [-0.2, 0) is 9.53 Å². The van der Waals surface area contributed by atoms with Crippen LogP contribution in [0.25, 0.3) is 0 Å². The summed E-state index contributed by atoms with van der Waals surface area (Å²) in [6.07, 6.45) is 1.77. The minimum absolute atomic E-state index is 0.374. The zero-order chi connectivity index (χ0) is 20.4. The molecule has 0 radical (unpaired) electrons. The Kier molecular flexibility index (Phi) is 8.02. The first kappa shape index (κ1) is 21.0. The molecule has 2 rings (SSSR count). The van der Waals surface area contributed by atoms with E-state index in [9.17, 15) is 14.4 Å². The minimum Gasteiger partial charge on any atom is -0.462 e. The molecule has 0 aromatic heterocycles. The highest BCUT2D eigenvalue weighted by Gasteiger charge is 2.16. The van der Waals surface area contributed by atoms with Crippen molar-refractivity contribution in [3.63, 3.8) is 0 Å². The van der Waals surface area contributed by atoms with Crippen LogP contribution in [0.2, 0.25) is 0 Å². The molecule has 2 aromatic carbocycles. The molecule has 28 heavy (non-hydrogen) atoms. The van der Waals surface area contributed by atoms with Crippen molar-refractivity contribution in [3.05, 3.63) is 60.2 Å². The first-order valence-corrected chi connectivity index (χ1v) is 9.20. The molecular formula is C21H25N3O4. The Balaban J connectivity index is 1.82. The lowest BCUT2D eigenvalue weighted by molar-refractivity contribution is -0.117. The van der Waals surface area contributed by atoms with E-state index in [1.54, 1.807) is 55.5 Å². The largest absolute Gasteiger partial charge is 0.462 e. The van der Waals surface area contributed by atoms with E-state index in [1.807, 2.05) is 13.0 Å². The third-order valence-corrected chi connectivity index (χ3v) is 3.89. The SMILES string of the molecule is CCCCOC(=O)c1ccc(NC(=O)C(C)NC(=O)Nc2ccccc2)cc1. The Labute approximate surface area is 164 Å². The number of anilines is 2. The Morgan fingerprint density at radius 3 is 2.21 bits per heavy atom. The summed E-state index contributed by atoms with van der Waals surface area (Å²) < 4.78 is 5.14. The normalized spacial score (nSPS) is 11.2. The number of esters is 1. The highest BCUT2D eigenvalue weighted by atomic mass is 16.5. The number of rotatable bonds is 8. The Bertz CT molecular complexity index is 791. The number of hydrogen-bond acceptors (Lipinski definition) is 4. The van der Waals surface area contributed by atoms with Gasteiger partial charge in [0, 0.05) is 11.4 Å². The number of benzene rings is 2. The van der Waals surface area contributed by atoms with Crippen LogP contribution in [0.1, 0.15) is 37.0 Å². The molecule has 3 amide bonds. The van der Waals surface area contributed by atoms with Crippen molar-refractivity contribution in [2.45, 2.75) is 32.7 Å². The predicted octanol–water partition coefficient (Wildman–Crippen LogP) is 3.79. The summed E-state index contributed by atoms with van der Waals surface area (Å²) in [4.78, 5) is 36.1. The second kappa shape index (κ2) is 10.7. The fraction of sp³-hybridized carbons (Fsp3) is 0.286. The molecule has 3 N–H and O–H groups in total. The van der Waals surface area contributed by atoms with Crippen molar-refractivity contribution >= 4 is 29.3 Å². The molecule has 148 valence electrons. The van der Waals surface area contributed by atoms with E-state index in [-0.39, 0.29) is 11.9 Å². The van der Waals surface area contributed by atoms with Crippen LogP contribution in [0.5, 0.6) is 0 Å².